The number of methoxy groups -OCH3 is 2. The average Bonchev–Trinajstić information content (AvgIpc) is 3.22. The molecule has 1 heterocycles. The van der Waals surface area contributed by atoms with Crippen molar-refractivity contribution in [1.29, 1.82) is 0 Å². The highest BCUT2D eigenvalue weighted by Crippen LogP contribution is 2.41. The van der Waals surface area contributed by atoms with Gasteiger partial charge in [-0.3, -0.25) is 0 Å². The van der Waals surface area contributed by atoms with Crippen molar-refractivity contribution < 1.29 is 22.3 Å². The standard InChI is InChI=1S/C24H22N2O5S/c1-29-17-12-13-20(30-2)19(15-17)23-24(18-10-6-7-11-21(18)32(25,27)28)31-22(26-23)14-16-8-4-3-5-9-16/h3-13,15H,14H2,1-2H3,(H2,25,27,28). The summed E-state index contributed by atoms with van der Waals surface area (Å²) < 4.78 is 41.6. The molecule has 0 unspecified atom stereocenters. The van der Waals surface area contributed by atoms with Crippen molar-refractivity contribution in [3.8, 4) is 34.1 Å². The van der Waals surface area contributed by atoms with Gasteiger partial charge in [-0.1, -0.05) is 42.5 Å². The Hall–Kier alpha value is -3.62. The van der Waals surface area contributed by atoms with Crippen LogP contribution >= 0.6 is 0 Å². The first-order valence-electron chi connectivity index (χ1n) is 9.79. The molecule has 32 heavy (non-hydrogen) atoms. The van der Waals surface area contributed by atoms with Crippen molar-refractivity contribution in [2.24, 2.45) is 5.14 Å². The summed E-state index contributed by atoms with van der Waals surface area (Å²) in [6.07, 6.45) is 0.428. The van der Waals surface area contributed by atoms with Crippen LogP contribution in [-0.4, -0.2) is 27.6 Å². The number of nitrogens with zero attached hydrogens (tertiary/aromatic N) is 1. The van der Waals surface area contributed by atoms with E-state index >= 15 is 0 Å². The first-order valence-corrected chi connectivity index (χ1v) is 11.3. The predicted molar refractivity (Wildman–Crippen MR) is 121 cm³/mol. The summed E-state index contributed by atoms with van der Waals surface area (Å²) in [4.78, 5) is 4.67. The number of rotatable bonds is 7. The Balaban J connectivity index is 1.96. The van der Waals surface area contributed by atoms with Crippen molar-refractivity contribution >= 4 is 10.0 Å². The highest BCUT2D eigenvalue weighted by Gasteiger charge is 2.25. The lowest BCUT2D eigenvalue weighted by Gasteiger charge is -2.11. The van der Waals surface area contributed by atoms with Crippen molar-refractivity contribution in [2.45, 2.75) is 11.3 Å². The normalized spacial score (nSPS) is 11.3. The number of primary sulfonamides is 1. The number of ether oxygens (including phenoxy) is 2. The highest BCUT2D eigenvalue weighted by molar-refractivity contribution is 7.89. The van der Waals surface area contributed by atoms with E-state index in [-0.39, 0.29) is 10.7 Å². The molecule has 0 aliphatic heterocycles. The molecule has 0 amide bonds. The molecule has 0 saturated carbocycles. The van der Waals surface area contributed by atoms with Gasteiger partial charge in [-0.05, 0) is 35.9 Å². The minimum absolute atomic E-state index is 0.0504. The van der Waals surface area contributed by atoms with Crippen LogP contribution in [0.2, 0.25) is 0 Å². The summed E-state index contributed by atoms with van der Waals surface area (Å²) in [6, 6.07) is 21.4. The smallest absolute Gasteiger partial charge is 0.238 e. The van der Waals surface area contributed by atoms with Gasteiger partial charge < -0.3 is 13.9 Å². The zero-order chi connectivity index (χ0) is 22.7. The minimum atomic E-state index is -4.00. The van der Waals surface area contributed by atoms with E-state index in [0.717, 1.165) is 5.56 Å². The lowest BCUT2D eigenvalue weighted by molar-refractivity contribution is 0.404. The molecule has 3 aromatic carbocycles. The van der Waals surface area contributed by atoms with E-state index in [1.165, 1.54) is 6.07 Å². The number of benzene rings is 3. The zero-order valence-electron chi connectivity index (χ0n) is 17.6. The Morgan fingerprint density at radius 2 is 1.62 bits per heavy atom. The van der Waals surface area contributed by atoms with Crippen molar-refractivity contribution in [3.63, 3.8) is 0 Å². The zero-order valence-corrected chi connectivity index (χ0v) is 18.4. The van der Waals surface area contributed by atoms with Crippen LogP contribution in [0.15, 0.2) is 82.1 Å². The summed E-state index contributed by atoms with van der Waals surface area (Å²) >= 11 is 0. The summed E-state index contributed by atoms with van der Waals surface area (Å²) in [7, 11) is -0.891. The molecule has 1 aromatic heterocycles. The van der Waals surface area contributed by atoms with E-state index in [0.29, 0.717) is 40.6 Å². The number of oxazole rings is 1. The molecular weight excluding hydrogens is 428 g/mol. The number of sulfonamides is 1. The fraction of sp³-hybridized carbons (Fsp3) is 0.125. The molecule has 0 bridgehead atoms. The largest absolute Gasteiger partial charge is 0.497 e. The average molecular weight is 451 g/mol. The second-order valence-corrected chi connectivity index (χ2v) is 8.58. The maximum Gasteiger partial charge on any atom is 0.238 e. The van der Waals surface area contributed by atoms with E-state index in [1.54, 1.807) is 50.6 Å². The Morgan fingerprint density at radius 3 is 2.31 bits per heavy atom. The molecule has 0 fully saturated rings. The van der Waals surface area contributed by atoms with Crippen LogP contribution in [0.3, 0.4) is 0 Å². The fourth-order valence-electron chi connectivity index (χ4n) is 3.48. The third-order valence-corrected chi connectivity index (χ3v) is 5.94. The maximum absolute atomic E-state index is 12.3. The van der Waals surface area contributed by atoms with Gasteiger partial charge in [0.2, 0.25) is 10.0 Å². The third kappa shape index (κ3) is 4.37. The van der Waals surface area contributed by atoms with Gasteiger partial charge in [0.1, 0.15) is 17.2 Å². The quantitative estimate of drug-likeness (QED) is 0.451. The van der Waals surface area contributed by atoms with E-state index in [1.807, 2.05) is 30.3 Å². The maximum atomic E-state index is 12.3. The van der Waals surface area contributed by atoms with E-state index in [4.69, 9.17) is 24.0 Å². The Kier molecular flexibility index (Phi) is 5.98. The van der Waals surface area contributed by atoms with Gasteiger partial charge in [-0.15, -0.1) is 0 Å². The van der Waals surface area contributed by atoms with Crippen LogP contribution in [-0.2, 0) is 16.4 Å². The van der Waals surface area contributed by atoms with Gasteiger partial charge in [-0.25, -0.2) is 18.5 Å². The fourth-order valence-corrected chi connectivity index (χ4v) is 4.21. The van der Waals surface area contributed by atoms with Crippen LogP contribution in [0.4, 0.5) is 0 Å². The monoisotopic (exact) mass is 450 g/mol. The molecule has 0 spiro atoms. The minimum Gasteiger partial charge on any atom is -0.497 e. The van der Waals surface area contributed by atoms with Gasteiger partial charge in [0, 0.05) is 17.5 Å². The van der Waals surface area contributed by atoms with Gasteiger partial charge in [0.05, 0.1) is 19.1 Å². The highest BCUT2D eigenvalue weighted by atomic mass is 32.2. The molecule has 2 N–H and O–H groups in total. The van der Waals surface area contributed by atoms with Crippen LogP contribution < -0.4 is 14.6 Å². The first-order chi connectivity index (χ1) is 15.4. The van der Waals surface area contributed by atoms with E-state index in [2.05, 4.69) is 0 Å². The summed E-state index contributed by atoms with van der Waals surface area (Å²) in [6.45, 7) is 0. The van der Waals surface area contributed by atoms with Gasteiger partial charge in [-0.2, -0.15) is 0 Å². The molecule has 0 aliphatic rings. The molecule has 164 valence electrons. The van der Waals surface area contributed by atoms with Gasteiger partial charge in [0.15, 0.2) is 11.7 Å². The number of aromatic nitrogens is 1. The predicted octanol–water partition coefficient (Wildman–Crippen LogP) is 4.26. The SMILES string of the molecule is COc1ccc(OC)c(-c2nc(Cc3ccccc3)oc2-c2ccccc2S(N)(=O)=O)c1. The third-order valence-electron chi connectivity index (χ3n) is 4.97. The van der Waals surface area contributed by atoms with Crippen LogP contribution in [0.25, 0.3) is 22.6 Å². The second-order valence-electron chi connectivity index (χ2n) is 7.06. The lowest BCUT2D eigenvalue weighted by atomic mass is 10.0. The Labute approximate surface area is 186 Å². The first kappa shape index (κ1) is 21.6. The molecule has 0 saturated heterocycles. The molecule has 0 aliphatic carbocycles. The Bertz CT molecular complexity index is 1350. The summed E-state index contributed by atoms with van der Waals surface area (Å²) in [5.41, 5.74) is 2.36. The van der Waals surface area contributed by atoms with Crippen LogP contribution in [0.1, 0.15) is 11.5 Å². The number of nitrogens with two attached hydrogens (primary N) is 1. The van der Waals surface area contributed by atoms with Crippen LogP contribution in [0, 0.1) is 0 Å². The van der Waals surface area contributed by atoms with E-state index < -0.39 is 10.0 Å². The summed E-state index contributed by atoms with van der Waals surface area (Å²) in [5.74, 6) is 1.85. The van der Waals surface area contributed by atoms with E-state index in [9.17, 15) is 8.42 Å². The number of hydrogen-bond acceptors (Lipinski definition) is 6. The molecule has 8 heteroatoms. The molecular formula is C24H22N2O5S. The lowest BCUT2D eigenvalue weighted by Crippen LogP contribution is -2.13. The molecule has 4 aromatic rings. The second kappa shape index (κ2) is 8.86. The van der Waals surface area contributed by atoms with Gasteiger partial charge >= 0.3 is 0 Å². The topological polar surface area (TPSA) is 105 Å². The molecule has 0 atom stereocenters. The van der Waals surface area contributed by atoms with Gasteiger partial charge in [0.25, 0.3) is 0 Å². The van der Waals surface area contributed by atoms with Crippen LogP contribution in [0.5, 0.6) is 11.5 Å². The van der Waals surface area contributed by atoms with Crippen molar-refractivity contribution in [2.75, 3.05) is 14.2 Å². The molecule has 4 rings (SSSR count). The summed E-state index contributed by atoms with van der Waals surface area (Å²) in [5, 5.41) is 5.48. The van der Waals surface area contributed by atoms with Crippen molar-refractivity contribution in [1.82, 2.24) is 4.98 Å². The number of hydrogen-bond donors (Lipinski definition) is 1. The molecule has 0 radical (unpaired) electrons. The molecule has 7 nitrogen and oxygen atoms in total. The Morgan fingerprint density at radius 1 is 0.906 bits per heavy atom. The van der Waals surface area contributed by atoms with Crippen molar-refractivity contribution in [3.05, 3.63) is 84.3 Å².